The third kappa shape index (κ3) is 4.35. The molecule has 2 aliphatic heterocycles. The Hall–Kier alpha value is -0.430. The lowest BCUT2D eigenvalue weighted by Gasteiger charge is -2.46. The summed E-state index contributed by atoms with van der Waals surface area (Å²) in [5.74, 6) is 1.25. The van der Waals surface area contributed by atoms with Crippen LogP contribution in [0.4, 0.5) is 0 Å². The number of allylic oxidation sites excluding steroid dienone is 1. The molecule has 0 radical (unpaired) electrons. The summed E-state index contributed by atoms with van der Waals surface area (Å²) in [6.45, 7) is 3.02. The number of hydrogen-bond acceptors (Lipinski definition) is 5. The van der Waals surface area contributed by atoms with Gasteiger partial charge in [0.05, 0.1) is 5.75 Å². The molecular formula is C17H31N3O2S. The molecule has 3 aliphatic rings. The molecule has 0 saturated carbocycles. The van der Waals surface area contributed by atoms with Crippen LogP contribution in [-0.4, -0.2) is 63.1 Å². The number of hydrogen-bond donors (Lipinski definition) is 2. The fourth-order valence-corrected chi connectivity index (χ4v) is 5.85. The molecule has 0 aromatic carbocycles. The van der Waals surface area contributed by atoms with Crippen LogP contribution in [0.5, 0.6) is 0 Å². The molecular weight excluding hydrogens is 310 g/mol. The van der Waals surface area contributed by atoms with Gasteiger partial charge in [-0.1, -0.05) is 12.2 Å². The zero-order chi connectivity index (χ0) is 16.4. The molecule has 0 bridgehead atoms. The molecule has 6 heteroatoms. The van der Waals surface area contributed by atoms with Gasteiger partial charge in [-0.15, -0.1) is 0 Å². The summed E-state index contributed by atoms with van der Waals surface area (Å²) in [4.78, 5) is 2.52. The van der Waals surface area contributed by atoms with E-state index in [1.165, 1.54) is 19.1 Å². The highest BCUT2D eigenvalue weighted by atomic mass is 32.2. The van der Waals surface area contributed by atoms with Crippen LogP contribution in [0.15, 0.2) is 12.2 Å². The molecule has 0 amide bonds. The zero-order valence-electron chi connectivity index (χ0n) is 14.2. The summed E-state index contributed by atoms with van der Waals surface area (Å²) >= 11 is 0. The molecule has 5 nitrogen and oxygen atoms in total. The van der Waals surface area contributed by atoms with Crippen LogP contribution in [0, 0.1) is 11.8 Å². The zero-order valence-corrected chi connectivity index (χ0v) is 15.0. The first kappa shape index (κ1) is 17.4. The Kier molecular flexibility index (Phi) is 5.46. The summed E-state index contributed by atoms with van der Waals surface area (Å²) in [5, 5.41) is 3.64. The van der Waals surface area contributed by atoms with Crippen molar-refractivity contribution in [3.8, 4) is 0 Å². The van der Waals surface area contributed by atoms with Crippen LogP contribution < -0.4 is 11.1 Å². The second-order valence-corrected chi connectivity index (χ2v) is 9.84. The van der Waals surface area contributed by atoms with E-state index in [0.717, 1.165) is 38.9 Å². The molecule has 0 spiro atoms. The number of nitrogens with two attached hydrogens (primary N) is 1. The highest BCUT2D eigenvalue weighted by molar-refractivity contribution is 7.90. The van der Waals surface area contributed by atoms with Crippen LogP contribution >= 0.6 is 0 Å². The minimum atomic E-state index is -2.86. The van der Waals surface area contributed by atoms with E-state index in [2.05, 4.69) is 22.4 Å². The second-order valence-electron chi connectivity index (χ2n) is 7.65. The number of piperidine rings is 2. The lowest BCUT2D eigenvalue weighted by Crippen LogP contribution is -2.64. The predicted octanol–water partition coefficient (Wildman–Crippen LogP) is 0.767. The smallest absolute Gasteiger partial charge is 0.147 e. The first-order valence-corrected chi connectivity index (χ1v) is 11.1. The monoisotopic (exact) mass is 341 g/mol. The molecule has 2 saturated heterocycles. The Morgan fingerprint density at radius 1 is 1.22 bits per heavy atom. The molecule has 2 fully saturated rings. The number of nitrogens with zero attached hydrogens (tertiary/aromatic N) is 1. The second kappa shape index (κ2) is 7.21. The maximum atomic E-state index is 11.5. The highest BCUT2D eigenvalue weighted by Gasteiger charge is 2.38. The molecule has 3 N–H and O–H groups in total. The van der Waals surface area contributed by atoms with Crippen molar-refractivity contribution in [1.82, 2.24) is 10.2 Å². The molecule has 132 valence electrons. The maximum absolute atomic E-state index is 11.5. The summed E-state index contributed by atoms with van der Waals surface area (Å²) in [7, 11) is -2.86. The van der Waals surface area contributed by atoms with Gasteiger partial charge in [-0.05, 0) is 63.6 Å². The summed E-state index contributed by atoms with van der Waals surface area (Å²) in [6, 6.07) is 0.999. The standard InChI is InChI=1S/C17H31N3O2S/c1-23(21,22)12-13-7-10-20(11-8-13)15-6-9-19-17(16(15)18)14-4-2-3-5-14/h2,4,13-17,19H,3,5-12,18H2,1H3. The quantitative estimate of drug-likeness (QED) is 0.739. The van der Waals surface area contributed by atoms with E-state index in [-0.39, 0.29) is 6.04 Å². The summed E-state index contributed by atoms with van der Waals surface area (Å²) in [6.07, 6.45) is 11.4. The van der Waals surface area contributed by atoms with E-state index >= 15 is 0 Å². The lowest BCUT2D eigenvalue weighted by molar-refractivity contribution is 0.0802. The van der Waals surface area contributed by atoms with E-state index in [9.17, 15) is 8.42 Å². The number of likely N-dealkylation sites (tertiary alicyclic amines) is 1. The van der Waals surface area contributed by atoms with E-state index in [0.29, 0.717) is 29.7 Å². The Balaban J connectivity index is 1.56. The first-order chi connectivity index (χ1) is 10.9. The van der Waals surface area contributed by atoms with Crippen molar-refractivity contribution in [3.63, 3.8) is 0 Å². The van der Waals surface area contributed by atoms with Gasteiger partial charge in [0.2, 0.25) is 0 Å². The molecule has 4 unspecified atom stereocenters. The van der Waals surface area contributed by atoms with Crippen LogP contribution in [0.2, 0.25) is 0 Å². The van der Waals surface area contributed by atoms with Gasteiger partial charge in [0.25, 0.3) is 0 Å². The fourth-order valence-electron chi connectivity index (χ4n) is 4.66. The first-order valence-electron chi connectivity index (χ1n) is 9.01. The van der Waals surface area contributed by atoms with E-state index in [4.69, 9.17) is 5.73 Å². The summed E-state index contributed by atoms with van der Waals surface area (Å²) < 4.78 is 23.0. The Bertz CT molecular complexity index is 526. The van der Waals surface area contributed by atoms with Gasteiger partial charge in [0, 0.05) is 24.4 Å². The van der Waals surface area contributed by atoms with Gasteiger partial charge < -0.3 is 11.1 Å². The van der Waals surface area contributed by atoms with Crippen LogP contribution in [0.3, 0.4) is 0 Å². The van der Waals surface area contributed by atoms with Crippen molar-refractivity contribution in [2.24, 2.45) is 17.6 Å². The molecule has 0 aromatic rings. The topological polar surface area (TPSA) is 75.4 Å². The van der Waals surface area contributed by atoms with E-state index in [1.807, 2.05) is 0 Å². The average molecular weight is 342 g/mol. The van der Waals surface area contributed by atoms with Crippen LogP contribution in [0.25, 0.3) is 0 Å². The lowest BCUT2D eigenvalue weighted by atomic mass is 9.83. The van der Waals surface area contributed by atoms with Crippen molar-refractivity contribution in [3.05, 3.63) is 12.2 Å². The highest BCUT2D eigenvalue weighted by Crippen LogP contribution is 2.29. The van der Waals surface area contributed by atoms with Crippen molar-refractivity contribution in [2.45, 2.75) is 50.2 Å². The van der Waals surface area contributed by atoms with Gasteiger partial charge in [0.15, 0.2) is 0 Å². The molecule has 3 rings (SSSR count). The fraction of sp³-hybridized carbons (Fsp3) is 0.882. The van der Waals surface area contributed by atoms with Gasteiger partial charge in [-0.25, -0.2) is 8.42 Å². The third-order valence-corrected chi connectivity index (χ3v) is 6.92. The SMILES string of the molecule is CS(=O)(=O)CC1CCN(C2CCNC(C3C=CCC3)C2N)CC1. The van der Waals surface area contributed by atoms with Gasteiger partial charge in [-0.2, -0.15) is 0 Å². The predicted molar refractivity (Wildman–Crippen MR) is 94.0 cm³/mol. The minimum absolute atomic E-state index is 0.169. The number of nitrogens with one attached hydrogen (secondary N) is 1. The van der Waals surface area contributed by atoms with E-state index < -0.39 is 9.84 Å². The molecule has 4 atom stereocenters. The van der Waals surface area contributed by atoms with Crippen LogP contribution in [0.1, 0.15) is 32.1 Å². The van der Waals surface area contributed by atoms with Gasteiger partial charge in [-0.3, -0.25) is 4.90 Å². The number of sulfone groups is 1. The average Bonchev–Trinajstić information content (AvgIpc) is 3.01. The minimum Gasteiger partial charge on any atom is -0.325 e. The van der Waals surface area contributed by atoms with Crippen LogP contribution in [-0.2, 0) is 9.84 Å². The number of rotatable bonds is 4. The van der Waals surface area contributed by atoms with Gasteiger partial charge >= 0.3 is 0 Å². The Morgan fingerprint density at radius 3 is 2.57 bits per heavy atom. The Morgan fingerprint density at radius 2 is 1.96 bits per heavy atom. The maximum Gasteiger partial charge on any atom is 0.147 e. The third-order valence-electron chi connectivity index (χ3n) is 5.85. The molecule has 1 aliphatic carbocycles. The van der Waals surface area contributed by atoms with Crippen molar-refractivity contribution < 1.29 is 8.42 Å². The van der Waals surface area contributed by atoms with Crippen molar-refractivity contribution >= 4 is 9.84 Å². The molecule has 2 heterocycles. The summed E-state index contributed by atoms with van der Waals surface area (Å²) in [5.41, 5.74) is 6.64. The van der Waals surface area contributed by atoms with Crippen molar-refractivity contribution in [2.75, 3.05) is 31.6 Å². The van der Waals surface area contributed by atoms with Crippen molar-refractivity contribution in [1.29, 1.82) is 0 Å². The Labute approximate surface area is 140 Å². The molecule has 23 heavy (non-hydrogen) atoms. The van der Waals surface area contributed by atoms with Gasteiger partial charge in [0.1, 0.15) is 9.84 Å². The largest absolute Gasteiger partial charge is 0.325 e. The molecule has 0 aromatic heterocycles. The van der Waals surface area contributed by atoms with E-state index in [1.54, 1.807) is 0 Å². The normalized spacial score (nSPS) is 37.3.